The minimum atomic E-state index is -0.819. The van der Waals surface area contributed by atoms with Gasteiger partial charge in [0.2, 0.25) is 0 Å². The number of nitrogens with one attached hydrogen (secondary N) is 1. The standard InChI is InChI=1S/C16H28N2O3/c1-2-5-13(14(19)20)12-17-15(21)18-10-8-16(9-11-18)6-3-4-7-16/h13H,2-12H2,1H3,(H,17,21)(H,19,20). The van der Waals surface area contributed by atoms with Crippen molar-refractivity contribution in [2.45, 2.75) is 58.3 Å². The lowest BCUT2D eigenvalue weighted by molar-refractivity contribution is -0.141. The maximum atomic E-state index is 12.2. The molecule has 21 heavy (non-hydrogen) atoms. The first-order valence-electron chi connectivity index (χ1n) is 8.32. The Morgan fingerprint density at radius 1 is 1.19 bits per heavy atom. The van der Waals surface area contributed by atoms with Crippen LogP contribution in [0.2, 0.25) is 0 Å². The normalized spacial score (nSPS) is 22.2. The van der Waals surface area contributed by atoms with Crippen LogP contribution in [0.4, 0.5) is 4.79 Å². The van der Waals surface area contributed by atoms with E-state index in [1.54, 1.807) is 0 Å². The zero-order chi connectivity index (χ0) is 15.3. The number of piperidine rings is 1. The monoisotopic (exact) mass is 296 g/mol. The van der Waals surface area contributed by atoms with Crippen molar-refractivity contribution in [1.82, 2.24) is 10.2 Å². The summed E-state index contributed by atoms with van der Waals surface area (Å²) >= 11 is 0. The van der Waals surface area contributed by atoms with Crippen molar-refractivity contribution in [2.75, 3.05) is 19.6 Å². The molecule has 5 heteroatoms. The number of hydrogen-bond acceptors (Lipinski definition) is 2. The van der Waals surface area contributed by atoms with Crippen molar-refractivity contribution in [2.24, 2.45) is 11.3 Å². The van der Waals surface area contributed by atoms with Crippen LogP contribution in [-0.4, -0.2) is 41.6 Å². The fourth-order valence-corrected chi connectivity index (χ4v) is 3.79. The van der Waals surface area contributed by atoms with Gasteiger partial charge in [-0.25, -0.2) is 4.79 Å². The summed E-state index contributed by atoms with van der Waals surface area (Å²) in [6.45, 7) is 3.84. The molecule has 1 saturated heterocycles. The first kappa shape index (κ1) is 16.1. The Kier molecular flexibility index (Phi) is 5.48. The third kappa shape index (κ3) is 4.11. The molecule has 2 aliphatic rings. The summed E-state index contributed by atoms with van der Waals surface area (Å²) in [5, 5.41) is 11.9. The predicted molar refractivity (Wildman–Crippen MR) is 81.1 cm³/mol. The molecule has 2 N–H and O–H groups in total. The Bertz CT molecular complexity index is 368. The second kappa shape index (κ2) is 7.14. The summed E-state index contributed by atoms with van der Waals surface area (Å²) in [4.78, 5) is 25.1. The van der Waals surface area contributed by atoms with E-state index in [0.717, 1.165) is 32.4 Å². The van der Waals surface area contributed by atoms with Crippen LogP contribution in [0, 0.1) is 11.3 Å². The highest BCUT2D eigenvalue weighted by Crippen LogP contribution is 2.46. The second-order valence-electron chi connectivity index (χ2n) is 6.70. The number of carboxylic acid groups (broad SMARTS) is 1. The number of hydrogen-bond donors (Lipinski definition) is 2. The molecule has 1 spiro atoms. The first-order valence-corrected chi connectivity index (χ1v) is 8.32. The van der Waals surface area contributed by atoms with Crippen LogP contribution in [0.1, 0.15) is 58.3 Å². The lowest BCUT2D eigenvalue weighted by Crippen LogP contribution is -2.48. The van der Waals surface area contributed by atoms with Gasteiger partial charge in [-0.15, -0.1) is 0 Å². The number of urea groups is 1. The number of aliphatic carboxylic acids is 1. The molecule has 1 atom stereocenters. The van der Waals surface area contributed by atoms with Gasteiger partial charge in [0, 0.05) is 19.6 Å². The molecule has 2 amide bonds. The lowest BCUT2D eigenvalue weighted by Gasteiger charge is -2.39. The van der Waals surface area contributed by atoms with Crippen LogP contribution in [0.25, 0.3) is 0 Å². The molecule has 5 nitrogen and oxygen atoms in total. The molecular weight excluding hydrogens is 268 g/mol. The van der Waals surface area contributed by atoms with E-state index < -0.39 is 11.9 Å². The summed E-state index contributed by atoms with van der Waals surface area (Å²) < 4.78 is 0. The first-order chi connectivity index (χ1) is 10.1. The highest BCUT2D eigenvalue weighted by Gasteiger charge is 2.37. The number of nitrogens with zero attached hydrogens (tertiary/aromatic N) is 1. The number of carboxylic acids is 1. The zero-order valence-corrected chi connectivity index (χ0v) is 13.1. The number of rotatable bonds is 5. The maximum absolute atomic E-state index is 12.2. The topological polar surface area (TPSA) is 69.6 Å². The molecule has 1 unspecified atom stereocenters. The molecule has 0 aromatic heterocycles. The van der Waals surface area contributed by atoms with Gasteiger partial charge in [-0.05, 0) is 37.5 Å². The van der Waals surface area contributed by atoms with E-state index in [-0.39, 0.29) is 12.6 Å². The molecular formula is C16H28N2O3. The van der Waals surface area contributed by atoms with Gasteiger partial charge in [-0.1, -0.05) is 26.2 Å². The maximum Gasteiger partial charge on any atom is 0.317 e. The van der Waals surface area contributed by atoms with Gasteiger partial charge in [0.05, 0.1) is 5.92 Å². The summed E-state index contributed by atoms with van der Waals surface area (Å²) in [7, 11) is 0. The number of carbonyl (C=O) groups excluding carboxylic acids is 1. The average Bonchev–Trinajstić information content (AvgIpc) is 2.92. The Hall–Kier alpha value is -1.26. The molecule has 0 radical (unpaired) electrons. The van der Waals surface area contributed by atoms with Crippen LogP contribution < -0.4 is 5.32 Å². The van der Waals surface area contributed by atoms with E-state index in [9.17, 15) is 9.59 Å². The smallest absolute Gasteiger partial charge is 0.317 e. The van der Waals surface area contributed by atoms with Gasteiger partial charge < -0.3 is 15.3 Å². The Balaban J connectivity index is 1.75. The van der Waals surface area contributed by atoms with E-state index in [4.69, 9.17) is 5.11 Å². The second-order valence-corrected chi connectivity index (χ2v) is 6.70. The fraction of sp³-hybridized carbons (Fsp3) is 0.875. The highest BCUT2D eigenvalue weighted by atomic mass is 16.4. The van der Waals surface area contributed by atoms with Crippen molar-refractivity contribution in [1.29, 1.82) is 0 Å². The third-order valence-corrected chi connectivity index (χ3v) is 5.26. The third-order valence-electron chi connectivity index (χ3n) is 5.26. The summed E-state index contributed by atoms with van der Waals surface area (Å²) in [6.07, 6.45) is 8.96. The van der Waals surface area contributed by atoms with E-state index >= 15 is 0 Å². The molecule has 0 aromatic carbocycles. The van der Waals surface area contributed by atoms with Crippen molar-refractivity contribution < 1.29 is 14.7 Å². The Morgan fingerprint density at radius 3 is 2.33 bits per heavy atom. The van der Waals surface area contributed by atoms with Crippen molar-refractivity contribution >= 4 is 12.0 Å². The average molecular weight is 296 g/mol. The molecule has 1 aliphatic heterocycles. The van der Waals surface area contributed by atoms with Gasteiger partial charge in [-0.2, -0.15) is 0 Å². The Morgan fingerprint density at radius 2 is 1.81 bits per heavy atom. The van der Waals surface area contributed by atoms with Gasteiger partial charge in [0.15, 0.2) is 0 Å². The highest BCUT2D eigenvalue weighted by molar-refractivity contribution is 5.76. The predicted octanol–water partition coefficient (Wildman–Crippen LogP) is 2.85. The fourth-order valence-electron chi connectivity index (χ4n) is 3.79. The lowest BCUT2D eigenvalue weighted by atomic mass is 9.77. The molecule has 2 rings (SSSR count). The minimum absolute atomic E-state index is 0.0924. The largest absolute Gasteiger partial charge is 0.481 e. The number of amides is 2. The van der Waals surface area contributed by atoms with E-state index in [1.165, 1.54) is 25.7 Å². The van der Waals surface area contributed by atoms with Crippen LogP contribution in [-0.2, 0) is 4.79 Å². The quantitative estimate of drug-likeness (QED) is 0.819. The summed E-state index contributed by atoms with van der Waals surface area (Å²) in [5.41, 5.74) is 0.503. The summed E-state index contributed by atoms with van der Waals surface area (Å²) in [5.74, 6) is -1.29. The van der Waals surface area contributed by atoms with Gasteiger partial charge in [-0.3, -0.25) is 4.79 Å². The Labute approximate surface area is 127 Å². The van der Waals surface area contributed by atoms with Gasteiger partial charge >= 0.3 is 12.0 Å². The van der Waals surface area contributed by atoms with E-state index in [2.05, 4.69) is 5.32 Å². The summed E-state index contributed by atoms with van der Waals surface area (Å²) in [6, 6.07) is -0.0924. The molecule has 1 heterocycles. The molecule has 2 fully saturated rings. The molecule has 1 aliphatic carbocycles. The van der Waals surface area contributed by atoms with E-state index in [0.29, 0.717) is 11.8 Å². The number of likely N-dealkylation sites (tertiary alicyclic amines) is 1. The van der Waals surface area contributed by atoms with Crippen LogP contribution in [0.3, 0.4) is 0 Å². The van der Waals surface area contributed by atoms with Crippen molar-refractivity contribution in [3.63, 3.8) is 0 Å². The van der Waals surface area contributed by atoms with Gasteiger partial charge in [0.25, 0.3) is 0 Å². The van der Waals surface area contributed by atoms with Crippen molar-refractivity contribution in [3.05, 3.63) is 0 Å². The molecule has 120 valence electrons. The van der Waals surface area contributed by atoms with Crippen LogP contribution >= 0.6 is 0 Å². The van der Waals surface area contributed by atoms with E-state index in [1.807, 2.05) is 11.8 Å². The van der Waals surface area contributed by atoms with Crippen molar-refractivity contribution in [3.8, 4) is 0 Å². The molecule has 0 aromatic rings. The zero-order valence-electron chi connectivity index (χ0n) is 13.1. The SMILES string of the molecule is CCCC(CNC(=O)N1CCC2(CCCC2)CC1)C(=O)O. The number of carbonyl (C=O) groups is 2. The molecule has 0 bridgehead atoms. The van der Waals surface area contributed by atoms with Crippen LogP contribution in [0.15, 0.2) is 0 Å². The minimum Gasteiger partial charge on any atom is -0.481 e. The van der Waals surface area contributed by atoms with Crippen LogP contribution in [0.5, 0.6) is 0 Å². The molecule has 1 saturated carbocycles. The van der Waals surface area contributed by atoms with Gasteiger partial charge in [0.1, 0.15) is 0 Å².